The number of nitrogens with two attached hydrogens (primary N) is 2. The van der Waals surface area contributed by atoms with Gasteiger partial charge in [-0.3, -0.25) is 9.67 Å². The van der Waals surface area contributed by atoms with Crippen LogP contribution in [0.5, 0.6) is 0 Å². The molecule has 158 valence electrons. The Morgan fingerprint density at radius 1 is 1.16 bits per heavy atom. The molecular formula is C22H18FN9. The molecular weight excluding hydrogens is 409 g/mol. The zero-order chi connectivity index (χ0) is 22.7. The summed E-state index contributed by atoms with van der Waals surface area (Å²) in [6.07, 6.45) is 3.11. The molecule has 0 atom stereocenters. The molecule has 4 N–H and O–H groups in total. The SMILES string of the molecule is Cn1nccc1-c1c(-c2cccc(C#N)c2)nc(N)c(N)c1N=NCc1ncccc1F. The third-order valence-electron chi connectivity index (χ3n) is 4.80. The van der Waals surface area contributed by atoms with Crippen molar-refractivity contribution >= 4 is 17.2 Å². The van der Waals surface area contributed by atoms with E-state index in [4.69, 9.17) is 11.5 Å². The fourth-order valence-electron chi connectivity index (χ4n) is 3.22. The van der Waals surface area contributed by atoms with Crippen LogP contribution in [0.2, 0.25) is 0 Å². The van der Waals surface area contributed by atoms with Crippen LogP contribution in [0.15, 0.2) is 65.1 Å². The molecule has 9 nitrogen and oxygen atoms in total. The van der Waals surface area contributed by atoms with Crippen molar-refractivity contribution in [3.8, 4) is 28.6 Å². The minimum absolute atomic E-state index is 0.0613. The fourth-order valence-corrected chi connectivity index (χ4v) is 3.22. The number of aryl methyl sites for hydroxylation is 1. The van der Waals surface area contributed by atoms with Gasteiger partial charge in [0, 0.05) is 25.0 Å². The standard InChI is InChI=1S/C22H18FN9/c1-32-17(7-9-29-32)18-20(14-5-2-4-13(10-14)11-24)30-22(26)19(25)21(18)31-28-12-16-15(23)6-3-8-27-16/h2-10H,12,25H2,1H3,(H2,26,30). The fraction of sp³-hybridized carbons (Fsp3) is 0.0909. The first kappa shape index (κ1) is 20.6. The number of nitriles is 1. The summed E-state index contributed by atoms with van der Waals surface area (Å²) >= 11 is 0. The summed E-state index contributed by atoms with van der Waals surface area (Å²) in [6, 6.07) is 13.6. The highest BCUT2D eigenvalue weighted by atomic mass is 19.1. The predicted molar refractivity (Wildman–Crippen MR) is 118 cm³/mol. The lowest BCUT2D eigenvalue weighted by atomic mass is 9.99. The topological polar surface area (TPSA) is 144 Å². The van der Waals surface area contributed by atoms with E-state index in [1.165, 1.54) is 18.3 Å². The summed E-state index contributed by atoms with van der Waals surface area (Å²) < 4.78 is 15.6. The molecule has 0 saturated carbocycles. The summed E-state index contributed by atoms with van der Waals surface area (Å²) in [7, 11) is 1.77. The molecule has 0 unspecified atom stereocenters. The van der Waals surface area contributed by atoms with Crippen molar-refractivity contribution in [2.75, 3.05) is 11.5 Å². The van der Waals surface area contributed by atoms with Crippen LogP contribution in [-0.2, 0) is 13.6 Å². The zero-order valence-corrected chi connectivity index (χ0v) is 17.1. The normalized spacial score (nSPS) is 11.0. The van der Waals surface area contributed by atoms with Crippen LogP contribution in [0.3, 0.4) is 0 Å². The molecule has 0 fully saturated rings. The Hall–Kier alpha value is -4.65. The third-order valence-corrected chi connectivity index (χ3v) is 4.80. The molecule has 4 rings (SSSR count). The van der Waals surface area contributed by atoms with E-state index < -0.39 is 5.82 Å². The number of rotatable bonds is 5. The van der Waals surface area contributed by atoms with Crippen molar-refractivity contribution in [3.63, 3.8) is 0 Å². The lowest BCUT2D eigenvalue weighted by Crippen LogP contribution is -2.04. The van der Waals surface area contributed by atoms with Gasteiger partial charge in [-0.25, -0.2) is 9.37 Å². The van der Waals surface area contributed by atoms with Gasteiger partial charge in [-0.2, -0.15) is 20.6 Å². The van der Waals surface area contributed by atoms with Gasteiger partial charge >= 0.3 is 0 Å². The Morgan fingerprint density at radius 2 is 2.00 bits per heavy atom. The van der Waals surface area contributed by atoms with E-state index in [1.807, 2.05) is 6.07 Å². The van der Waals surface area contributed by atoms with E-state index in [0.717, 1.165) is 0 Å². The minimum Gasteiger partial charge on any atom is -0.394 e. The molecule has 0 saturated heterocycles. The molecule has 0 radical (unpaired) electrons. The first-order valence-corrected chi connectivity index (χ1v) is 9.54. The number of pyridine rings is 2. The first-order chi connectivity index (χ1) is 15.5. The summed E-state index contributed by atoms with van der Waals surface area (Å²) in [4.78, 5) is 8.46. The van der Waals surface area contributed by atoms with E-state index in [-0.39, 0.29) is 29.4 Å². The Labute approximate surface area is 182 Å². The predicted octanol–water partition coefficient (Wildman–Crippen LogP) is 4.00. The van der Waals surface area contributed by atoms with E-state index in [9.17, 15) is 9.65 Å². The summed E-state index contributed by atoms with van der Waals surface area (Å²) in [5.74, 6) is -0.416. The quantitative estimate of drug-likeness (QED) is 0.461. The lowest BCUT2D eigenvalue weighted by Gasteiger charge is -2.15. The Kier molecular flexibility index (Phi) is 5.55. The second-order valence-corrected chi connectivity index (χ2v) is 6.85. The Balaban J connectivity index is 1.91. The molecule has 10 heteroatoms. The molecule has 0 aliphatic heterocycles. The van der Waals surface area contributed by atoms with E-state index >= 15 is 0 Å². The van der Waals surface area contributed by atoms with E-state index in [1.54, 1.807) is 42.2 Å². The average molecular weight is 427 g/mol. The van der Waals surface area contributed by atoms with Crippen LogP contribution in [0.25, 0.3) is 22.5 Å². The van der Waals surface area contributed by atoms with Gasteiger partial charge in [-0.1, -0.05) is 12.1 Å². The summed E-state index contributed by atoms with van der Waals surface area (Å²) in [6.45, 7) is -0.0849. The number of aromatic nitrogens is 4. The number of anilines is 2. The Morgan fingerprint density at radius 3 is 2.72 bits per heavy atom. The lowest BCUT2D eigenvalue weighted by molar-refractivity contribution is 0.598. The van der Waals surface area contributed by atoms with Crippen molar-refractivity contribution in [3.05, 3.63) is 71.9 Å². The zero-order valence-electron chi connectivity index (χ0n) is 17.1. The molecule has 0 bridgehead atoms. The van der Waals surface area contributed by atoms with Crippen LogP contribution in [-0.4, -0.2) is 19.7 Å². The minimum atomic E-state index is -0.477. The van der Waals surface area contributed by atoms with Crippen molar-refractivity contribution < 1.29 is 4.39 Å². The van der Waals surface area contributed by atoms with Crippen LogP contribution in [0, 0.1) is 17.1 Å². The summed E-state index contributed by atoms with van der Waals surface area (Å²) in [5.41, 5.74) is 15.7. The maximum absolute atomic E-state index is 13.9. The molecule has 0 aliphatic rings. The smallest absolute Gasteiger partial charge is 0.149 e. The number of benzene rings is 1. The largest absolute Gasteiger partial charge is 0.394 e. The van der Waals surface area contributed by atoms with Crippen molar-refractivity contribution in [1.29, 1.82) is 5.26 Å². The van der Waals surface area contributed by atoms with Crippen LogP contribution in [0.4, 0.5) is 21.6 Å². The van der Waals surface area contributed by atoms with Gasteiger partial charge in [0.15, 0.2) is 0 Å². The maximum atomic E-state index is 13.9. The second-order valence-electron chi connectivity index (χ2n) is 6.85. The van der Waals surface area contributed by atoms with Gasteiger partial charge in [0.25, 0.3) is 0 Å². The highest BCUT2D eigenvalue weighted by Crippen LogP contribution is 2.44. The number of nitrogens with zero attached hydrogens (tertiary/aromatic N) is 7. The number of nitrogen functional groups attached to an aromatic ring is 2. The molecule has 0 amide bonds. The molecule has 0 spiro atoms. The molecule has 3 heterocycles. The Bertz CT molecular complexity index is 1370. The average Bonchev–Trinajstić information content (AvgIpc) is 3.23. The van der Waals surface area contributed by atoms with Crippen LogP contribution >= 0.6 is 0 Å². The monoisotopic (exact) mass is 427 g/mol. The third kappa shape index (κ3) is 3.87. The van der Waals surface area contributed by atoms with Gasteiger partial charge in [0.05, 0.1) is 34.3 Å². The van der Waals surface area contributed by atoms with Crippen molar-refractivity contribution in [2.24, 2.45) is 17.3 Å². The van der Waals surface area contributed by atoms with Crippen molar-refractivity contribution in [2.45, 2.75) is 6.54 Å². The van der Waals surface area contributed by atoms with Gasteiger partial charge in [-0.05, 0) is 30.3 Å². The second kappa shape index (κ2) is 8.61. The van der Waals surface area contributed by atoms with E-state index in [2.05, 4.69) is 31.4 Å². The number of halogens is 1. The maximum Gasteiger partial charge on any atom is 0.149 e. The van der Waals surface area contributed by atoms with Crippen LogP contribution in [0.1, 0.15) is 11.3 Å². The highest BCUT2D eigenvalue weighted by Gasteiger charge is 2.22. The van der Waals surface area contributed by atoms with E-state index in [0.29, 0.717) is 28.1 Å². The molecule has 4 aromatic rings. The van der Waals surface area contributed by atoms with Crippen LogP contribution < -0.4 is 11.5 Å². The number of hydrogen-bond donors (Lipinski definition) is 2. The van der Waals surface area contributed by atoms with Crippen molar-refractivity contribution in [1.82, 2.24) is 19.7 Å². The number of azo groups is 1. The first-order valence-electron chi connectivity index (χ1n) is 9.54. The van der Waals surface area contributed by atoms with Gasteiger partial charge in [0.1, 0.15) is 29.6 Å². The molecule has 3 aromatic heterocycles. The van der Waals surface area contributed by atoms with Gasteiger partial charge < -0.3 is 11.5 Å². The molecule has 32 heavy (non-hydrogen) atoms. The van der Waals surface area contributed by atoms with Gasteiger partial charge in [-0.15, -0.1) is 0 Å². The molecule has 0 aliphatic carbocycles. The highest BCUT2D eigenvalue weighted by molar-refractivity contribution is 5.95. The molecule has 1 aromatic carbocycles. The number of hydrogen-bond acceptors (Lipinski definition) is 8. The summed E-state index contributed by atoms with van der Waals surface area (Å²) in [5, 5.41) is 22.0. The van der Waals surface area contributed by atoms with Gasteiger partial charge in [0.2, 0.25) is 0 Å².